The SMILES string of the molecule is CCCc1cc(C(=O)O)cc(NC2CCCCCC2)n1. The molecule has 0 bridgehead atoms. The van der Waals surface area contributed by atoms with Gasteiger partial charge < -0.3 is 10.4 Å². The van der Waals surface area contributed by atoms with Crippen molar-refractivity contribution in [2.45, 2.75) is 64.3 Å². The number of hydrogen-bond acceptors (Lipinski definition) is 3. The molecule has 110 valence electrons. The third kappa shape index (κ3) is 4.22. The molecule has 0 spiro atoms. The molecule has 20 heavy (non-hydrogen) atoms. The van der Waals surface area contributed by atoms with E-state index in [9.17, 15) is 9.90 Å². The van der Waals surface area contributed by atoms with Crippen LogP contribution in [0, 0.1) is 0 Å². The maximum absolute atomic E-state index is 11.2. The molecule has 0 atom stereocenters. The number of rotatable bonds is 5. The highest BCUT2D eigenvalue weighted by atomic mass is 16.4. The van der Waals surface area contributed by atoms with E-state index in [4.69, 9.17) is 0 Å². The Balaban J connectivity index is 2.14. The van der Waals surface area contributed by atoms with Gasteiger partial charge in [0, 0.05) is 11.7 Å². The summed E-state index contributed by atoms with van der Waals surface area (Å²) in [6.07, 6.45) is 9.21. The van der Waals surface area contributed by atoms with Crippen molar-refractivity contribution in [3.05, 3.63) is 23.4 Å². The summed E-state index contributed by atoms with van der Waals surface area (Å²) in [5, 5.41) is 12.6. The highest BCUT2D eigenvalue weighted by Gasteiger charge is 2.14. The Labute approximate surface area is 120 Å². The van der Waals surface area contributed by atoms with Crippen LogP contribution in [0.25, 0.3) is 0 Å². The van der Waals surface area contributed by atoms with Gasteiger partial charge in [-0.15, -0.1) is 0 Å². The van der Waals surface area contributed by atoms with Crippen LogP contribution in [0.1, 0.15) is 67.9 Å². The number of carbonyl (C=O) groups is 1. The Morgan fingerprint density at radius 2 is 2.00 bits per heavy atom. The normalized spacial score (nSPS) is 16.6. The molecule has 0 radical (unpaired) electrons. The number of aromatic nitrogens is 1. The molecule has 0 unspecified atom stereocenters. The predicted octanol–water partition coefficient (Wildman–Crippen LogP) is 3.87. The number of nitrogens with zero attached hydrogens (tertiary/aromatic N) is 1. The molecule has 1 heterocycles. The third-order valence-corrected chi connectivity index (χ3v) is 3.84. The predicted molar refractivity (Wildman–Crippen MR) is 80.3 cm³/mol. The standard InChI is InChI=1S/C16H24N2O2/c1-2-7-14-10-12(16(19)20)11-15(18-14)17-13-8-5-3-4-6-9-13/h10-11,13H,2-9H2,1H3,(H,17,18)(H,19,20). The van der Waals surface area contributed by atoms with Gasteiger partial charge in [0.1, 0.15) is 5.82 Å². The molecule has 1 aromatic heterocycles. The lowest BCUT2D eigenvalue weighted by molar-refractivity contribution is 0.0696. The van der Waals surface area contributed by atoms with Crippen LogP contribution in [0.2, 0.25) is 0 Å². The van der Waals surface area contributed by atoms with Crippen LogP contribution < -0.4 is 5.32 Å². The average Bonchev–Trinajstić information content (AvgIpc) is 2.67. The monoisotopic (exact) mass is 276 g/mol. The van der Waals surface area contributed by atoms with Crippen LogP contribution in [-0.4, -0.2) is 22.1 Å². The van der Waals surface area contributed by atoms with Gasteiger partial charge in [-0.2, -0.15) is 0 Å². The smallest absolute Gasteiger partial charge is 0.335 e. The van der Waals surface area contributed by atoms with Gasteiger partial charge in [0.15, 0.2) is 0 Å². The second kappa shape index (κ2) is 7.27. The first-order valence-electron chi connectivity index (χ1n) is 7.70. The van der Waals surface area contributed by atoms with Gasteiger partial charge in [-0.25, -0.2) is 9.78 Å². The van der Waals surface area contributed by atoms with E-state index in [-0.39, 0.29) is 0 Å². The van der Waals surface area contributed by atoms with Crippen molar-refractivity contribution in [3.8, 4) is 0 Å². The van der Waals surface area contributed by atoms with Crippen molar-refractivity contribution >= 4 is 11.8 Å². The van der Waals surface area contributed by atoms with Crippen LogP contribution >= 0.6 is 0 Å². The summed E-state index contributed by atoms with van der Waals surface area (Å²) in [4.78, 5) is 15.8. The highest BCUT2D eigenvalue weighted by Crippen LogP contribution is 2.21. The van der Waals surface area contributed by atoms with Crippen molar-refractivity contribution in [1.82, 2.24) is 4.98 Å². The van der Waals surface area contributed by atoms with E-state index >= 15 is 0 Å². The molecule has 0 amide bonds. The Kier molecular flexibility index (Phi) is 5.39. The fraction of sp³-hybridized carbons (Fsp3) is 0.625. The molecule has 1 aliphatic carbocycles. The summed E-state index contributed by atoms with van der Waals surface area (Å²) in [6, 6.07) is 3.78. The molecule has 4 nitrogen and oxygen atoms in total. The minimum Gasteiger partial charge on any atom is -0.478 e. The van der Waals surface area contributed by atoms with E-state index in [1.54, 1.807) is 12.1 Å². The van der Waals surface area contributed by atoms with E-state index in [1.165, 1.54) is 25.7 Å². The van der Waals surface area contributed by atoms with Crippen LogP contribution in [0.3, 0.4) is 0 Å². The van der Waals surface area contributed by atoms with Crippen LogP contribution in [0.15, 0.2) is 12.1 Å². The number of nitrogens with one attached hydrogen (secondary N) is 1. The first kappa shape index (κ1) is 14.8. The topological polar surface area (TPSA) is 62.2 Å². The fourth-order valence-electron chi connectivity index (χ4n) is 2.80. The van der Waals surface area contributed by atoms with E-state index < -0.39 is 5.97 Å². The summed E-state index contributed by atoms with van der Waals surface area (Å²) < 4.78 is 0. The molecule has 2 rings (SSSR count). The number of pyridine rings is 1. The summed E-state index contributed by atoms with van der Waals surface area (Å²) in [5.41, 5.74) is 1.20. The van der Waals surface area contributed by atoms with Gasteiger partial charge in [0.2, 0.25) is 0 Å². The van der Waals surface area contributed by atoms with Crippen molar-refractivity contribution in [2.24, 2.45) is 0 Å². The summed E-state index contributed by atoms with van der Waals surface area (Å²) in [7, 11) is 0. The number of aryl methyl sites for hydroxylation is 1. The van der Waals surface area contributed by atoms with Gasteiger partial charge in [0.05, 0.1) is 5.56 Å². The van der Waals surface area contributed by atoms with Crippen molar-refractivity contribution in [1.29, 1.82) is 0 Å². The lowest BCUT2D eigenvalue weighted by Gasteiger charge is -2.18. The zero-order valence-corrected chi connectivity index (χ0v) is 12.2. The maximum Gasteiger partial charge on any atom is 0.335 e. The van der Waals surface area contributed by atoms with Gasteiger partial charge in [-0.05, 0) is 31.4 Å². The Hall–Kier alpha value is -1.58. The van der Waals surface area contributed by atoms with Crippen molar-refractivity contribution in [3.63, 3.8) is 0 Å². The first-order chi connectivity index (χ1) is 9.69. The van der Waals surface area contributed by atoms with Crippen molar-refractivity contribution in [2.75, 3.05) is 5.32 Å². The lowest BCUT2D eigenvalue weighted by Crippen LogP contribution is -2.19. The zero-order valence-electron chi connectivity index (χ0n) is 12.2. The third-order valence-electron chi connectivity index (χ3n) is 3.84. The summed E-state index contributed by atoms with van der Waals surface area (Å²) in [6.45, 7) is 2.08. The molecule has 1 aromatic rings. The number of anilines is 1. The maximum atomic E-state index is 11.2. The Bertz CT molecular complexity index is 452. The van der Waals surface area contributed by atoms with Crippen molar-refractivity contribution < 1.29 is 9.90 Å². The molecule has 0 aliphatic heterocycles. The van der Waals surface area contributed by atoms with E-state index in [0.717, 1.165) is 37.2 Å². The molecule has 1 saturated carbocycles. The number of carboxylic acid groups (broad SMARTS) is 1. The van der Waals surface area contributed by atoms with Crippen LogP contribution in [0.5, 0.6) is 0 Å². The largest absolute Gasteiger partial charge is 0.478 e. The molecule has 1 fully saturated rings. The summed E-state index contributed by atoms with van der Waals surface area (Å²) >= 11 is 0. The highest BCUT2D eigenvalue weighted by molar-refractivity contribution is 5.88. The lowest BCUT2D eigenvalue weighted by atomic mass is 10.1. The molecule has 2 N–H and O–H groups in total. The Morgan fingerprint density at radius 1 is 1.30 bits per heavy atom. The van der Waals surface area contributed by atoms with Gasteiger partial charge in [-0.3, -0.25) is 0 Å². The number of aromatic carboxylic acids is 1. The van der Waals surface area contributed by atoms with Crippen LogP contribution in [-0.2, 0) is 6.42 Å². The average molecular weight is 276 g/mol. The molecule has 1 aliphatic rings. The molecular weight excluding hydrogens is 252 g/mol. The van der Waals surface area contributed by atoms with Crippen LogP contribution in [0.4, 0.5) is 5.82 Å². The van der Waals surface area contributed by atoms with E-state index in [1.807, 2.05) is 0 Å². The fourth-order valence-corrected chi connectivity index (χ4v) is 2.80. The second-order valence-corrected chi connectivity index (χ2v) is 5.62. The quantitative estimate of drug-likeness (QED) is 0.801. The minimum absolute atomic E-state index is 0.333. The van der Waals surface area contributed by atoms with Gasteiger partial charge in [-0.1, -0.05) is 39.0 Å². The first-order valence-corrected chi connectivity index (χ1v) is 7.70. The molecule has 0 saturated heterocycles. The zero-order chi connectivity index (χ0) is 14.4. The second-order valence-electron chi connectivity index (χ2n) is 5.62. The molecule has 4 heteroatoms. The van der Waals surface area contributed by atoms with Gasteiger partial charge in [0.25, 0.3) is 0 Å². The summed E-state index contributed by atoms with van der Waals surface area (Å²) in [5.74, 6) is -0.158. The molecular formula is C16H24N2O2. The van der Waals surface area contributed by atoms with Gasteiger partial charge >= 0.3 is 5.97 Å². The number of carboxylic acids is 1. The minimum atomic E-state index is -0.881. The van der Waals surface area contributed by atoms with E-state index in [0.29, 0.717) is 11.6 Å². The van der Waals surface area contributed by atoms with E-state index in [2.05, 4.69) is 17.2 Å². The molecule has 0 aromatic carbocycles. The Morgan fingerprint density at radius 3 is 2.60 bits per heavy atom. The number of hydrogen-bond donors (Lipinski definition) is 2.